The molecule has 0 aromatic heterocycles. The zero-order chi connectivity index (χ0) is 11.9. The standard InChI is InChI=1S/C9H16N2O5.H3N/c1-9(2)15-7-5(11-10)6(4(13)3-12)14-8(7)16-9;/h4-8,10,12-13H,3H2,1-2H3;1H3/p+1/t4?,5-,6+,7+,8+;/m0./s1. The van der Waals surface area contributed by atoms with Crippen molar-refractivity contribution in [1.82, 2.24) is 6.15 Å². The molecule has 0 bridgehead atoms. The molecule has 2 fully saturated rings. The number of fused-ring (bicyclic) bond motifs is 1. The number of nitrogens with zero attached hydrogens (tertiary/aromatic N) is 1. The second-order valence-corrected chi connectivity index (χ2v) is 4.46. The molecule has 2 rings (SSSR count). The van der Waals surface area contributed by atoms with Gasteiger partial charge in [-0.2, -0.15) is 5.53 Å². The van der Waals surface area contributed by atoms with Crippen LogP contribution in [0.1, 0.15) is 13.8 Å². The zero-order valence-electron chi connectivity index (χ0n) is 9.94. The highest BCUT2D eigenvalue weighted by Gasteiger charge is 2.57. The van der Waals surface area contributed by atoms with Crippen LogP contribution in [0.4, 0.5) is 0 Å². The maximum atomic E-state index is 9.54. The summed E-state index contributed by atoms with van der Waals surface area (Å²) < 4.78 is 16.5. The Morgan fingerprint density at radius 3 is 2.59 bits per heavy atom. The van der Waals surface area contributed by atoms with E-state index < -0.39 is 43.0 Å². The van der Waals surface area contributed by atoms with Gasteiger partial charge in [0.1, 0.15) is 18.3 Å². The van der Waals surface area contributed by atoms with E-state index in [1.54, 1.807) is 13.8 Å². The van der Waals surface area contributed by atoms with Crippen molar-refractivity contribution in [3.05, 3.63) is 0 Å². The Hall–Kier alpha value is -0.640. The number of aliphatic hydroxyl groups excluding tert-OH is 2. The molecule has 0 saturated carbocycles. The smallest absolute Gasteiger partial charge is 0.190 e. The van der Waals surface area contributed by atoms with Gasteiger partial charge in [-0.15, -0.1) is 0 Å². The number of hydrogen-bond acceptors (Lipinski definition) is 7. The third kappa shape index (κ3) is 2.46. The number of hydrogen-bond donors (Lipinski definition) is 4. The van der Waals surface area contributed by atoms with Crippen LogP contribution < -0.4 is 11.7 Å². The topological polar surface area (TPSA) is 141 Å². The maximum Gasteiger partial charge on any atom is 0.190 e. The van der Waals surface area contributed by atoms with E-state index >= 15 is 0 Å². The summed E-state index contributed by atoms with van der Waals surface area (Å²) in [6.45, 7) is 3.11. The van der Waals surface area contributed by atoms with E-state index in [9.17, 15) is 5.11 Å². The molecule has 2 heterocycles. The van der Waals surface area contributed by atoms with Crippen molar-refractivity contribution in [2.24, 2.45) is 5.11 Å². The summed E-state index contributed by atoms with van der Waals surface area (Å²) in [6.07, 6.45) is -2.77. The van der Waals surface area contributed by atoms with Crippen molar-refractivity contribution in [1.29, 1.82) is 0 Å². The molecule has 5 atom stereocenters. The van der Waals surface area contributed by atoms with Crippen molar-refractivity contribution in [2.75, 3.05) is 6.61 Å². The average molecular weight is 250 g/mol. The average Bonchev–Trinajstić information content (AvgIpc) is 2.68. The Morgan fingerprint density at radius 1 is 1.41 bits per heavy atom. The molecule has 0 amide bonds. The second-order valence-electron chi connectivity index (χ2n) is 4.46. The third-order valence-corrected chi connectivity index (χ3v) is 2.79. The molecule has 8 heteroatoms. The lowest BCUT2D eigenvalue weighted by molar-refractivity contribution is -0.250. The molecule has 0 aromatic carbocycles. The molecule has 7 N–H and O–H groups in total. The van der Waals surface area contributed by atoms with Gasteiger partial charge in [0.05, 0.1) is 6.61 Å². The van der Waals surface area contributed by atoms with Crippen molar-refractivity contribution in [3.63, 3.8) is 0 Å². The Kier molecular flexibility index (Phi) is 4.18. The highest BCUT2D eigenvalue weighted by molar-refractivity contribution is 4.98. The number of aliphatic hydroxyl groups is 2. The summed E-state index contributed by atoms with van der Waals surface area (Å²) in [6, 6.07) is -0.533. The highest BCUT2D eigenvalue weighted by atomic mass is 16.8. The maximum absolute atomic E-state index is 9.54. The van der Waals surface area contributed by atoms with E-state index in [1.165, 1.54) is 0 Å². The first kappa shape index (κ1) is 14.4. The number of rotatable bonds is 3. The lowest BCUT2D eigenvalue weighted by Crippen LogP contribution is -2.45. The molecule has 2 aliphatic heterocycles. The fourth-order valence-electron chi connectivity index (χ4n) is 2.11. The van der Waals surface area contributed by atoms with Gasteiger partial charge in [-0.1, -0.05) is 0 Å². The van der Waals surface area contributed by atoms with E-state index in [0.717, 1.165) is 0 Å². The van der Waals surface area contributed by atoms with Crippen LogP contribution >= 0.6 is 0 Å². The lowest BCUT2D eigenvalue weighted by atomic mass is 10.0. The van der Waals surface area contributed by atoms with Crippen LogP contribution in [0.25, 0.3) is 0 Å². The predicted molar refractivity (Wildman–Crippen MR) is 55.0 cm³/mol. The normalized spacial score (nSPS) is 40.5. The first-order valence-electron chi connectivity index (χ1n) is 5.18. The fraction of sp³-hybridized carbons (Fsp3) is 1.00. The summed E-state index contributed by atoms with van der Waals surface area (Å²) in [5, 5.41) is 22.1. The van der Waals surface area contributed by atoms with Crippen LogP contribution in [0.5, 0.6) is 0 Å². The summed E-state index contributed by atoms with van der Waals surface area (Å²) in [5.41, 5.74) is 5.28. The molecule has 1 unspecified atom stereocenters. The van der Waals surface area contributed by atoms with Gasteiger partial charge < -0.3 is 30.6 Å². The Labute approximate surface area is 98.9 Å². The number of ether oxygens (including phenoxy) is 3. The molecule has 0 aromatic rings. The zero-order valence-corrected chi connectivity index (χ0v) is 9.94. The Morgan fingerprint density at radius 2 is 2.06 bits per heavy atom. The largest absolute Gasteiger partial charge is 0.394 e. The summed E-state index contributed by atoms with van der Waals surface area (Å²) in [7, 11) is 0. The minimum Gasteiger partial charge on any atom is -0.394 e. The summed E-state index contributed by atoms with van der Waals surface area (Å²) in [4.78, 5) is 0. The van der Waals surface area contributed by atoms with Gasteiger partial charge in [0.15, 0.2) is 18.1 Å². The van der Waals surface area contributed by atoms with E-state index in [4.69, 9.17) is 24.8 Å². The van der Waals surface area contributed by atoms with Gasteiger partial charge in [-0.3, -0.25) is 0 Å². The Bertz CT molecular complexity index is 288. The van der Waals surface area contributed by atoms with Crippen molar-refractivity contribution < 1.29 is 30.0 Å². The summed E-state index contributed by atoms with van der Waals surface area (Å²) >= 11 is 0. The summed E-state index contributed by atoms with van der Waals surface area (Å²) in [5.74, 6) is -0.743. The molecule has 17 heavy (non-hydrogen) atoms. The molecule has 0 spiro atoms. The molecular weight excluding hydrogens is 230 g/mol. The molecule has 2 aliphatic rings. The molecular formula is C9H20N3O5+. The monoisotopic (exact) mass is 250 g/mol. The van der Waals surface area contributed by atoms with E-state index in [-0.39, 0.29) is 6.15 Å². The van der Waals surface area contributed by atoms with E-state index in [1.807, 2.05) is 0 Å². The second kappa shape index (κ2) is 4.92. The van der Waals surface area contributed by atoms with Gasteiger partial charge in [-0.05, 0) is 19.0 Å². The minimum absolute atomic E-state index is 0. The van der Waals surface area contributed by atoms with Gasteiger partial charge in [0.2, 0.25) is 0 Å². The van der Waals surface area contributed by atoms with Crippen molar-refractivity contribution in [2.45, 2.75) is 50.3 Å². The van der Waals surface area contributed by atoms with Crippen LogP contribution in [-0.2, 0) is 14.2 Å². The molecule has 0 aliphatic carbocycles. The minimum atomic E-state index is -1.04. The SMILES string of the molecule is CC1(C)O[C@H]2O[C@H](C(O)CO)[C@H](N=[NH2+])[C@H]2O1.N. The van der Waals surface area contributed by atoms with Gasteiger partial charge in [0.25, 0.3) is 0 Å². The van der Waals surface area contributed by atoms with E-state index in [2.05, 4.69) is 5.11 Å². The van der Waals surface area contributed by atoms with Crippen LogP contribution in [0, 0.1) is 0 Å². The molecule has 2 saturated heterocycles. The van der Waals surface area contributed by atoms with Gasteiger partial charge in [-0.25, -0.2) is 0 Å². The Balaban J connectivity index is 0.00000144. The molecule has 8 nitrogen and oxygen atoms in total. The van der Waals surface area contributed by atoms with Gasteiger partial charge >= 0.3 is 0 Å². The first-order valence-corrected chi connectivity index (χ1v) is 5.18. The fourth-order valence-corrected chi connectivity index (χ4v) is 2.11. The molecule has 0 radical (unpaired) electrons. The quantitative estimate of drug-likeness (QED) is 0.425. The van der Waals surface area contributed by atoms with Gasteiger partial charge in [0, 0.05) is 0 Å². The predicted octanol–water partition coefficient (Wildman–Crippen LogP) is -2.04. The van der Waals surface area contributed by atoms with Crippen LogP contribution in [0.2, 0.25) is 0 Å². The van der Waals surface area contributed by atoms with Crippen LogP contribution in [0.15, 0.2) is 5.11 Å². The first-order chi connectivity index (χ1) is 7.48. The lowest BCUT2D eigenvalue weighted by Gasteiger charge is -2.23. The van der Waals surface area contributed by atoms with Crippen molar-refractivity contribution in [3.8, 4) is 0 Å². The third-order valence-electron chi connectivity index (χ3n) is 2.79. The van der Waals surface area contributed by atoms with Crippen LogP contribution in [0.3, 0.4) is 0 Å². The van der Waals surface area contributed by atoms with Crippen LogP contribution in [-0.4, -0.2) is 53.3 Å². The van der Waals surface area contributed by atoms with E-state index in [0.29, 0.717) is 0 Å². The highest BCUT2D eigenvalue weighted by Crippen LogP contribution is 2.39. The van der Waals surface area contributed by atoms with Crippen molar-refractivity contribution >= 4 is 0 Å². The number of nitrogens with two attached hydrogens (primary N) is 1. The molecule has 100 valence electrons.